The molecule has 0 radical (unpaired) electrons. The molecule has 0 bridgehead atoms. The average molecular weight is 1170 g/mol. The van der Waals surface area contributed by atoms with Crippen LogP contribution in [-0.4, -0.2) is 47.4 Å². The maximum atomic E-state index is 12.6. The molecule has 3 N–H and O–H groups in total. The zero-order chi connectivity index (χ0) is 59.9. The fraction of sp³-hybridized carbons (Fsp3) is 0.974. The van der Waals surface area contributed by atoms with Gasteiger partial charge in [-0.1, -0.05) is 418 Å². The number of esters is 1. The van der Waals surface area contributed by atoms with Crippen molar-refractivity contribution in [3.05, 3.63) is 0 Å². The molecule has 0 spiro atoms. The Kier molecular flexibility index (Phi) is 72.3. The molecule has 0 aromatic heterocycles. The predicted octanol–water partition coefficient (Wildman–Crippen LogP) is 25.3. The Balaban J connectivity index is 3.33. The highest BCUT2D eigenvalue weighted by Crippen LogP contribution is 2.20. The predicted molar refractivity (Wildman–Crippen MR) is 366 cm³/mol. The number of hydrogen-bond acceptors (Lipinski definition) is 5. The molecule has 0 rings (SSSR count). The van der Waals surface area contributed by atoms with Crippen molar-refractivity contribution in [2.45, 2.75) is 469 Å². The lowest BCUT2D eigenvalue weighted by Gasteiger charge is -2.22. The molecule has 0 aromatic carbocycles. The Bertz CT molecular complexity index is 1210. The first-order valence-electron chi connectivity index (χ1n) is 38.8. The van der Waals surface area contributed by atoms with Crippen LogP contribution in [0.15, 0.2) is 0 Å². The monoisotopic (exact) mass is 1170 g/mol. The van der Waals surface area contributed by atoms with Crippen LogP contribution >= 0.6 is 0 Å². The highest BCUT2D eigenvalue weighted by molar-refractivity contribution is 5.76. The molecular formula is C77H153NO5. The maximum Gasteiger partial charge on any atom is 0.305 e. The summed E-state index contributed by atoms with van der Waals surface area (Å²) < 4.78 is 5.48. The summed E-state index contributed by atoms with van der Waals surface area (Å²) in [4.78, 5) is 24.6. The number of ether oxygens (including phenoxy) is 1. The standard InChI is InChI=1S/C77H153NO5/c1-3-5-7-9-11-13-15-16-17-18-19-20-21-28-31-34-37-40-43-46-50-53-57-61-65-69-75(80)74(73-79)78-76(81)70-66-62-58-54-51-47-44-41-38-35-32-29-26-24-22-23-25-27-30-33-36-39-42-45-48-52-56-60-64-68-72-83-77(82)71-67-63-59-55-49-14-12-10-8-6-4-2/h74-75,79-80H,3-73H2,1-2H3,(H,78,81). The van der Waals surface area contributed by atoms with Crippen LogP contribution in [0.4, 0.5) is 0 Å². The van der Waals surface area contributed by atoms with E-state index in [1.807, 2.05) is 0 Å². The molecule has 1 amide bonds. The van der Waals surface area contributed by atoms with E-state index in [2.05, 4.69) is 19.2 Å². The zero-order valence-corrected chi connectivity index (χ0v) is 57.0. The summed E-state index contributed by atoms with van der Waals surface area (Å²) in [6.45, 7) is 5.01. The molecule has 83 heavy (non-hydrogen) atoms. The number of aliphatic hydroxyl groups is 2. The van der Waals surface area contributed by atoms with Crippen molar-refractivity contribution in [2.24, 2.45) is 0 Å². The Morgan fingerprint density at radius 2 is 0.494 bits per heavy atom. The fourth-order valence-electron chi connectivity index (χ4n) is 12.8. The molecule has 0 fully saturated rings. The minimum atomic E-state index is -0.662. The second-order valence-corrected chi connectivity index (χ2v) is 27.1. The van der Waals surface area contributed by atoms with Gasteiger partial charge in [0.15, 0.2) is 0 Å². The smallest absolute Gasteiger partial charge is 0.305 e. The number of hydrogen-bond donors (Lipinski definition) is 3. The molecule has 0 saturated carbocycles. The van der Waals surface area contributed by atoms with E-state index in [9.17, 15) is 19.8 Å². The summed E-state index contributed by atoms with van der Waals surface area (Å²) >= 11 is 0. The summed E-state index contributed by atoms with van der Waals surface area (Å²) in [5, 5.41) is 23.5. The molecule has 0 aliphatic heterocycles. The summed E-state index contributed by atoms with van der Waals surface area (Å²) in [7, 11) is 0. The maximum absolute atomic E-state index is 12.6. The van der Waals surface area contributed by atoms with Crippen LogP contribution in [0.3, 0.4) is 0 Å². The highest BCUT2D eigenvalue weighted by atomic mass is 16.5. The lowest BCUT2D eigenvalue weighted by atomic mass is 10.0. The SMILES string of the molecule is CCCCCCCCCCCCCCCCCCCCCCCCCCCC(O)C(CO)NC(=O)CCCCCCCCCCCCCCCCCCCCCCCCCCCCCCCCOC(=O)CCCCCCCCCCCCC. The second kappa shape index (κ2) is 73.3. The minimum absolute atomic E-state index is 0.0212. The van der Waals surface area contributed by atoms with Gasteiger partial charge in [0.2, 0.25) is 5.91 Å². The van der Waals surface area contributed by atoms with Gasteiger partial charge in [-0.05, 0) is 25.7 Å². The summed E-state index contributed by atoms with van der Waals surface area (Å²) in [5.74, 6) is -0.00321. The Morgan fingerprint density at radius 1 is 0.289 bits per heavy atom. The molecule has 6 nitrogen and oxygen atoms in total. The number of carbonyl (C=O) groups excluding carboxylic acids is 2. The van der Waals surface area contributed by atoms with Gasteiger partial charge >= 0.3 is 5.97 Å². The van der Waals surface area contributed by atoms with E-state index in [-0.39, 0.29) is 18.5 Å². The summed E-state index contributed by atoms with van der Waals surface area (Å²) in [6.07, 6.45) is 90.5. The van der Waals surface area contributed by atoms with Crippen molar-refractivity contribution in [2.75, 3.05) is 13.2 Å². The fourth-order valence-corrected chi connectivity index (χ4v) is 12.8. The molecule has 0 aliphatic rings. The van der Waals surface area contributed by atoms with Gasteiger partial charge in [0, 0.05) is 12.8 Å². The normalized spacial score (nSPS) is 12.4. The first-order chi connectivity index (χ1) is 41.0. The first-order valence-corrected chi connectivity index (χ1v) is 38.8. The molecule has 0 aromatic rings. The molecule has 0 heterocycles. The topological polar surface area (TPSA) is 95.9 Å². The summed E-state index contributed by atoms with van der Waals surface area (Å²) in [6, 6.07) is -0.539. The molecule has 2 unspecified atom stereocenters. The number of amides is 1. The van der Waals surface area contributed by atoms with Crippen LogP contribution in [0.25, 0.3) is 0 Å². The molecule has 496 valence electrons. The van der Waals surface area contributed by atoms with Gasteiger partial charge in [0.25, 0.3) is 0 Å². The van der Waals surface area contributed by atoms with Gasteiger partial charge in [0.1, 0.15) is 0 Å². The number of carbonyl (C=O) groups is 2. The van der Waals surface area contributed by atoms with Crippen molar-refractivity contribution in [1.82, 2.24) is 5.32 Å². The van der Waals surface area contributed by atoms with Crippen LogP contribution in [-0.2, 0) is 14.3 Å². The highest BCUT2D eigenvalue weighted by Gasteiger charge is 2.20. The third-order valence-corrected chi connectivity index (χ3v) is 18.7. The lowest BCUT2D eigenvalue weighted by molar-refractivity contribution is -0.143. The largest absolute Gasteiger partial charge is 0.466 e. The first kappa shape index (κ1) is 81.9. The van der Waals surface area contributed by atoms with E-state index in [0.29, 0.717) is 25.9 Å². The van der Waals surface area contributed by atoms with E-state index in [0.717, 1.165) is 38.5 Å². The third-order valence-electron chi connectivity index (χ3n) is 18.7. The quantitative estimate of drug-likeness (QED) is 0.0417. The van der Waals surface area contributed by atoms with Crippen LogP contribution in [0.5, 0.6) is 0 Å². The Labute approximate surface area is 521 Å². The Morgan fingerprint density at radius 3 is 0.735 bits per heavy atom. The Hall–Kier alpha value is -1.14. The zero-order valence-electron chi connectivity index (χ0n) is 57.0. The van der Waals surface area contributed by atoms with E-state index in [1.165, 1.54) is 385 Å². The van der Waals surface area contributed by atoms with Gasteiger partial charge < -0.3 is 20.3 Å². The van der Waals surface area contributed by atoms with Crippen LogP contribution in [0.1, 0.15) is 457 Å². The molecular weight excluding hydrogens is 1020 g/mol. The third kappa shape index (κ3) is 69.8. The molecule has 0 saturated heterocycles. The number of nitrogens with one attached hydrogen (secondary N) is 1. The van der Waals surface area contributed by atoms with E-state index in [1.54, 1.807) is 0 Å². The molecule has 0 aliphatic carbocycles. The van der Waals surface area contributed by atoms with Gasteiger partial charge in [-0.2, -0.15) is 0 Å². The summed E-state index contributed by atoms with van der Waals surface area (Å²) in [5.41, 5.74) is 0. The van der Waals surface area contributed by atoms with Crippen molar-refractivity contribution < 1.29 is 24.5 Å². The number of rotatable bonds is 74. The van der Waals surface area contributed by atoms with Crippen molar-refractivity contribution in [3.8, 4) is 0 Å². The van der Waals surface area contributed by atoms with Crippen LogP contribution < -0.4 is 5.32 Å². The van der Waals surface area contributed by atoms with Crippen molar-refractivity contribution in [3.63, 3.8) is 0 Å². The van der Waals surface area contributed by atoms with E-state index in [4.69, 9.17) is 4.74 Å². The molecule has 6 heteroatoms. The minimum Gasteiger partial charge on any atom is -0.466 e. The molecule has 2 atom stereocenters. The average Bonchev–Trinajstić information content (AvgIpc) is 3.50. The van der Waals surface area contributed by atoms with Gasteiger partial charge in [-0.15, -0.1) is 0 Å². The van der Waals surface area contributed by atoms with Crippen molar-refractivity contribution >= 4 is 11.9 Å². The van der Waals surface area contributed by atoms with E-state index < -0.39 is 12.1 Å². The second-order valence-electron chi connectivity index (χ2n) is 27.1. The van der Waals surface area contributed by atoms with Crippen molar-refractivity contribution in [1.29, 1.82) is 0 Å². The van der Waals surface area contributed by atoms with Gasteiger partial charge in [-0.25, -0.2) is 0 Å². The number of unbranched alkanes of at least 4 members (excludes halogenated alkanes) is 63. The van der Waals surface area contributed by atoms with Crippen LogP contribution in [0.2, 0.25) is 0 Å². The number of aliphatic hydroxyl groups excluding tert-OH is 2. The van der Waals surface area contributed by atoms with Crippen LogP contribution in [0, 0.1) is 0 Å². The van der Waals surface area contributed by atoms with E-state index >= 15 is 0 Å². The van der Waals surface area contributed by atoms with Gasteiger partial charge in [0.05, 0.1) is 25.4 Å². The van der Waals surface area contributed by atoms with Gasteiger partial charge in [-0.3, -0.25) is 9.59 Å². The lowest BCUT2D eigenvalue weighted by Crippen LogP contribution is -2.45.